The molecule has 192 valence electrons. The molecule has 0 aliphatic heterocycles. The summed E-state index contributed by atoms with van der Waals surface area (Å²) < 4.78 is 2.35. The van der Waals surface area contributed by atoms with Gasteiger partial charge in [0.1, 0.15) is 5.65 Å². The molecule has 0 fully saturated rings. The minimum absolute atomic E-state index is 0.854. The topological polar surface area (TPSA) is 30.2 Å². The Morgan fingerprint density at radius 3 is 2.22 bits per heavy atom. The zero-order chi connectivity index (χ0) is 27.1. The monoisotopic (exact) mass is 523 g/mol. The Morgan fingerprint density at radius 1 is 0.537 bits per heavy atom. The second-order valence-electron chi connectivity index (χ2n) is 11.1. The molecule has 0 bridgehead atoms. The highest BCUT2D eigenvalue weighted by molar-refractivity contribution is 6.24. The first-order valence-electron chi connectivity index (χ1n) is 14.1. The molecule has 0 saturated carbocycles. The number of rotatable bonds is 2. The third kappa shape index (κ3) is 3.33. The van der Waals surface area contributed by atoms with E-state index in [0.717, 1.165) is 34.3 Å². The van der Waals surface area contributed by atoms with Crippen molar-refractivity contribution in [1.82, 2.24) is 14.4 Å². The molecule has 3 heterocycles. The summed E-state index contributed by atoms with van der Waals surface area (Å²) in [5.74, 6) is 0. The van der Waals surface area contributed by atoms with Gasteiger partial charge in [0.2, 0.25) is 0 Å². The quantitative estimate of drug-likeness (QED) is 0.211. The minimum atomic E-state index is 0.854. The lowest BCUT2D eigenvalue weighted by Crippen LogP contribution is -1.95. The maximum atomic E-state index is 5.14. The number of hydrogen-bond donors (Lipinski definition) is 0. The fourth-order valence-corrected chi connectivity index (χ4v) is 6.69. The van der Waals surface area contributed by atoms with Crippen molar-refractivity contribution in [2.75, 3.05) is 0 Å². The van der Waals surface area contributed by atoms with Crippen molar-refractivity contribution in [1.29, 1.82) is 0 Å². The predicted octanol–water partition coefficient (Wildman–Crippen LogP) is 9.55. The van der Waals surface area contributed by atoms with Crippen LogP contribution in [0, 0.1) is 6.92 Å². The highest BCUT2D eigenvalue weighted by Crippen LogP contribution is 2.37. The molecule has 0 unspecified atom stereocenters. The van der Waals surface area contributed by atoms with E-state index in [-0.39, 0.29) is 0 Å². The Labute approximate surface area is 236 Å². The van der Waals surface area contributed by atoms with Gasteiger partial charge < -0.3 is 0 Å². The lowest BCUT2D eigenvalue weighted by Gasteiger charge is -2.13. The Balaban J connectivity index is 1.28. The largest absolute Gasteiger partial charge is 0.292 e. The second kappa shape index (κ2) is 8.36. The lowest BCUT2D eigenvalue weighted by molar-refractivity contribution is 1.20. The van der Waals surface area contributed by atoms with Crippen molar-refractivity contribution in [2.45, 2.75) is 13.3 Å². The predicted molar refractivity (Wildman–Crippen MR) is 172 cm³/mol. The fraction of sp³-hybridized carbons (Fsp3) is 0.0526. The Hall–Kier alpha value is -5.28. The third-order valence-corrected chi connectivity index (χ3v) is 8.59. The van der Waals surface area contributed by atoms with Crippen LogP contribution in [-0.4, -0.2) is 14.4 Å². The van der Waals surface area contributed by atoms with E-state index in [4.69, 9.17) is 9.97 Å². The molecule has 3 heteroatoms. The zero-order valence-corrected chi connectivity index (χ0v) is 22.6. The van der Waals surface area contributed by atoms with Crippen LogP contribution in [0.5, 0.6) is 0 Å². The van der Waals surface area contributed by atoms with Crippen molar-refractivity contribution in [3.63, 3.8) is 0 Å². The third-order valence-electron chi connectivity index (χ3n) is 8.59. The molecule has 0 N–H and O–H groups in total. The molecule has 0 aliphatic carbocycles. The van der Waals surface area contributed by atoms with Crippen molar-refractivity contribution < 1.29 is 0 Å². The normalized spacial score (nSPS) is 12.1. The Morgan fingerprint density at radius 2 is 1.27 bits per heavy atom. The summed E-state index contributed by atoms with van der Waals surface area (Å²) in [5, 5.41) is 9.85. The van der Waals surface area contributed by atoms with E-state index in [0.29, 0.717) is 0 Å². The maximum Gasteiger partial charge on any atom is 0.146 e. The molecule has 9 aromatic rings. The molecule has 0 atom stereocenters. The molecular weight excluding hydrogens is 498 g/mol. The van der Waals surface area contributed by atoms with Crippen molar-refractivity contribution in [2.24, 2.45) is 0 Å². The molecule has 41 heavy (non-hydrogen) atoms. The first kappa shape index (κ1) is 22.5. The highest BCUT2D eigenvalue weighted by Gasteiger charge is 2.16. The van der Waals surface area contributed by atoms with Gasteiger partial charge in [0.05, 0.1) is 22.1 Å². The van der Waals surface area contributed by atoms with E-state index in [9.17, 15) is 0 Å². The molecule has 0 saturated heterocycles. The molecule has 3 nitrogen and oxygen atoms in total. The van der Waals surface area contributed by atoms with Gasteiger partial charge in [0.15, 0.2) is 0 Å². The molecule has 3 aromatic heterocycles. The number of aryl methyl sites for hydroxylation is 1. The van der Waals surface area contributed by atoms with Crippen molar-refractivity contribution in [3.8, 4) is 0 Å². The maximum absolute atomic E-state index is 5.14. The van der Waals surface area contributed by atoms with Crippen molar-refractivity contribution in [3.05, 3.63) is 138 Å². The number of pyridine rings is 2. The molecule has 0 radical (unpaired) electrons. The van der Waals surface area contributed by atoms with Crippen LogP contribution in [0.15, 0.2) is 121 Å². The Kier molecular flexibility index (Phi) is 4.59. The molecule has 0 amide bonds. The summed E-state index contributed by atoms with van der Waals surface area (Å²) in [6, 6.07) is 44.0. The smallest absolute Gasteiger partial charge is 0.146 e. The van der Waals surface area contributed by atoms with Crippen LogP contribution in [0.1, 0.15) is 16.8 Å². The first-order valence-corrected chi connectivity index (χ1v) is 14.1. The van der Waals surface area contributed by atoms with Gasteiger partial charge in [-0.15, -0.1) is 0 Å². The number of aromatic nitrogens is 3. The van der Waals surface area contributed by atoms with Gasteiger partial charge in [-0.05, 0) is 71.0 Å². The molecular formula is C38H25N3. The number of imidazole rings is 1. The molecule has 0 aliphatic rings. The van der Waals surface area contributed by atoms with Crippen LogP contribution >= 0.6 is 0 Å². The number of nitrogens with zero attached hydrogens (tertiary/aromatic N) is 3. The van der Waals surface area contributed by atoms with E-state index in [2.05, 4.69) is 133 Å². The average molecular weight is 524 g/mol. The van der Waals surface area contributed by atoms with Crippen LogP contribution in [0.2, 0.25) is 0 Å². The van der Waals surface area contributed by atoms with E-state index in [1.807, 2.05) is 0 Å². The van der Waals surface area contributed by atoms with Gasteiger partial charge in [0, 0.05) is 32.6 Å². The zero-order valence-electron chi connectivity index (χ0n) is 22.6. The van der Waals surface area contributed by atoms with E-state index in [1.54, 1.807) is 0 Å². The molecule has 9 rings (SSSR count). The number of hydrogen-bond acceptors (Lipinski definition) is 2. The van der Waals surface area contributed by atoms with Crippen LogP contribution in [0.3, 0.4) is 0 Å². The van der Waals surface area contributed by atoms with Gasteiger partial charge in [0.25, 0.3) is 0 Å². The minimum Gasteiger partial charge on any atom is -0.292 e. The summed E-state index contributed by atoms with van der Waals surface area (Å²) in [4.78, 5) is 9.97. The van der Waals surface area contributed by atoms with E-state index in [1.165, 1.54) is 59.7 Å². The van der Waals surface area contributed by atoms with Crippen molar-refractivity contribution >= 4 is 70.8 Å². The van der Waals surface area contributed by atoms with Gasteiger partial charge in [-0.2, -0.15) is 0 Å². The summed E-state index contributed by atoms with van der Waals surface area (Å²) in [7, 11) is 0. The number of fused-ring (bicyclic) bond motifs is 13. The average Bonchev–Trinajstić information content (AvgIpc) is 3.41. The summed E-state index contributed by atoms with van der Waals surface area (Å²) in [6.07, 6.45) is 0.854. The standard InChI is InChI=1S/C38H25N3/c1-23-10-13-27-14-15-28-21-24(11-17-30(28)37(27)39-23)20-25-12-18-31-35(22-25)41-34-9-5-4-8-33(34)40-38(41)32-19-16-26-6-2-3-7-29(26)36(31)32/h2-19,21-22H,20H2,1H3. The summed E-state index contributed by atoms with van der Waals surface area (Å²) in [6.45, 7) is 2.05. The van der Waals surface area contributed by atoms with Crippen LogP contribution in [-0.2, 0) is 6.42 Å². The van der Waals surface area contributed by atoms with Crippen LogP contribution < -0.4 is 0 Å². The Bertz CT molecular complexity index is 2520. The van der Waals surface area contributed by atoms with Crippen LogP contribution in [0.25, 0.3) is 70.8 Å². The number of benzene rings is 6. The van der Waals surface area contributed by atoms with Crippen LogP contribution in [0.4, 0.5) is 0 Å². The number of para-hydroxylation sites is 2. The first-order chi connectivity index (χ1) is 20.2. The molecule has 0 spiro atoms. The van der Waals surface area contributed by atoms with E-state index < -0.39 is 0 Å². The highest BCUT2D eigenvalue weighted by atomic mass is 15.0. The second-order valence-corrected chi connectivity index (χ2v) is 11.1. The van der Waals surface area contributed by atoms with Gasteiger partial charge in [-0.3, -0.25) is 9.38 Å². The van der Waals surface area contributed by atoms with Gasteiger partial charge >= 0.3 is 0 Å². The SMILES string of the molecule is Cc1ccc2ccc3cc(Cc4ccc5c6c7ccccc7ccc6c6nc7ccccc7n6c5c4)ccc3c2n1. The lowest BCUT2D eigenvalue weighted by atomic mass is 9.96. The van der Waals surface area contributed by atoms with Gasteiger partial charge in [-0.25, -0.2) is 4.98 Å². The van der Waals surface area contributed by atoms with Gasteiger partial charge in [-0.1, -0.05) is 91.0 Å². The summed E-state index contributed by atoms with van der Waals surface area (Å²) in [5.41, 5.74) is 9.06. The van der Waals surface area contributed by atoms with E-state index >= 15 is 0 Å². The molecule has 6 aromatic carbocycles. The fourth-order valence-electron chi connectivity index (χ4n) is 6.69. The summed E-state index contributed by atoms with van der Waals surface area (Å²) >= 11 is 0.